The predicted octanol–water partition coefficient (Wildman–Crippen LogP) is 3.64. The Morgan fingerprint density at radius 2 is 1.81 bits per heavy atom. The number of amides is 1. The molecule has 0 fully saturated rings. The Morgan fingerprint density at radius 3 is 2.46 bits per heavy atom. The number of aryl methyl sites for hydroxylation is 1. The quantitative estimate of drug-likeness (QED) is 0.673. The van der Waals surface area contributed by atoms with Crippen molar-refractivity contribution in [1.29, 1.82) is 0 Å². The van der Waals surface area contributed by atoms with Gasteiger partial charge in [0.15, 0.2) is 11.0 Å². The lowest BCUT2D eigenvalue weighted by Crippen LogP contribution is -2.21. The van der Waals surface area contributed by atoms with E-state index in [2.05, 4.69) is 15.5 Å². The normalized spacial score (nSPS) is 10.7. The molecule has 1 amide bonds. The molecule has 1 N–H and O–H groups in total. The predicted molar refractivity (Wildman–Crippen MR) is 99.6 cm³/mol. The number of carbonyl (C=O) groups excluding carboxylic acids is 1. The van der Waals surface area contributed by atoms with Crippen LogP contribution in [0.4, 0.5) is 4.39 Å². The Hall–Kier alpha value is -2.67. The highest BCUT2D eigenvalue weighted by atomic mass is 32.2. The first-order valence-electron chi connectivity index (χ1n) is 8.16. The van der Waals surface area contributed by atoms with Crippen LogP contribution in [-0.2, 0) is 17.1 Å². The molecule has 0 aliphatic heterocycles. The molecular weight excluding hydrogens is 351 g/mol. The standard InChI is InChI=1S/C19H19FN4OS/c1-13-3-9-17(10-4-13)24-18(11-21-14(2)25)22-23-19(24)26-12-15-5-7-16(20)8-6-15/h3-10H,11-12H2,1-2H3,(H,21,25). The first-order valence-corrected chi connectivity index (χ1v) is 9.14. The summed E-state index contributed by atoms with van der Waals surface area (Å²) in [4.78, 5) is 11.3. The number of thioether (sulfide) groups is 1. The van der Waals surface area contributed by atoms with Gasteiger partial charge in [0, 0.05) is 18.4 Å². The zero-order valence-corrected chi connectivity index (χ0v) is 15.4. The number of hydrogen-bond donors (Lipinski definition) is 1. The number of halogens is 1. The summed E-state index contributed by atoms with van der Waals surface area (Å²) in [5, 5.41) is 12.0. The third-order valence-corrected chi connectivity index (χ3v) is 4.77. The molecule has 0 saturated heterocycles. The van der Waals surface area contributed by atoms with E-state index in [1.807, 2.05) is 35.8 Å². The molecule has 2 aromatic carbocycles. The summed E-state index contributed by atoms with van der Waals surface area (Å²) in [5.74, 6) is 0.929. The zero-order valence-electron chi connectivity index (χ0n) is 14.6. The fraction of sp³-hybridized carbons (Fsp3) is 0.211. The number of aromatic nitrogens is 3. The second-order valence-electron chi connectivity index (χ2n) is 5.89. The maximum absolute atomic E-state index is 13.1. The molecule has 5 nitrogen and oxygen atoms in total. The van der Waals surface area contributed by atoms with Crippen LogP contribution in [0.15, 0.2) is 53.7 Å². The van der Waals surface area contributed by atoms with Crippen LogP contribution in [0.25, 0.3) is 5.69 Å². The average molecular weight is 370 g/mol. The van der Waals surface area contributed by atoms with Crippen LogP contribution in [0.1, 0.15) is 23.9 Å². The Labute approximate surface area is 155 Å². The van der Waals surface area contributed by atoms with E-state index in [9.17, 15) is 9.18 Å². The molecule has 1 aromatic heterocycles. The number of carbonyl (C=O) groups is 1. The van der Waals surface area contributed by atoms with Gasteiger partial charge in [-0.1, -0.05) is 41.6 Å². The van der Waals surface area contributed by atoms with Gasteiger partial charge in [0.25, 0.3) is 0 Å². The highest BCUT2D eigenvalue weighted by molar-refractivity contribution is 7.98. The molecule has 3 aromatic rings. The van der Waals surface area contributed by atoms with Crippen LogP contribution in [0.3, 0.4) is 0 Å². The maximum atomic E-state index is 13.1. The summed E-state index contributed by atoms with van der Waals surface area (Å²) >= 11 is 1.51. The molecule has 0 aliphatic rings. The van der Waals surface area contributed by atoms with Crippen molar-refractivity contribution in [3.63, 3.8) is 0 Å². The zero-order chi connectivity index (χ0) is 18.5. The van der Waals surface area contributed by atoms with Crippen molar-refractivity contribution < 1.29 is 9.18 Å². The van der Waals surface area contributed by atoms with E-state index >= 15 is 0 Å². The van der Waals surface area contributed by atoms with Crippen molar-refractivity contribution in [2.24, 2.45) is 0 Å². The summed E-state index contributed by atoms with van der Waals surface area (Å²) in [5.41, 5.74) is 3.09. The summed E-state index contributed by atoms with van der Waals surface area (Å²) in [6.45, 7) is 3.79. The van der Waals surface area contributed by atoms with Crippen molar-refractivity contribution in [3.05, 3.63) is 71.3 Å². The second kappa shape index (κ2) is 8.14. The fourth-order valence-corrected chi connectivity index (χ4v) is 3.32. The molecule has 7 heteroatoms. The van der Waals surface area contributed by atoms with E-state index < -0.39 is 0 Å². The molecule has 134 valence electrons. The average Bonchev–Trinajstić information content (AvgIpc) is 3.03. The Kier molecular flexibility index (Phi) is 5.68. The highest BCUT2D eigenvalue weighted by Gasteiger charge is 2.15. The first-order chi connectivity index (χ1) is 12.5. The van der Waals surface area contributed by atoms with E-state index in [0.29, 0.717) is 18.1 Å². The Bertz CT molecular complexity index is 891. The van der Waals surface area contributed by atoms with Crippen LogP contribution < -0.4 is 5.32 Å². The largest absolute Gasteiger partial charge is 0.349 e. The lowest BCUT2D eigenvalue weighted by molar-refractivity contribution is -0.119. The number of benzene rings is 2. The maximum Gasteiger partial charge on any atom is 0.217 e. The topological polar surface area (TPSA) is 59.8 Å². The Morgan fingerprint density at radius 1 is 1.12 bits per heavy atom. The van der Waals surface area contributed by atoms with Crippen LogP contribution in [-0.4, -0.2) is 20.7 Å². The minimum absolute atomic E-state index is 0.121. The van der Waals surface area contributed by atoms with Crippen molar-refractivity contribution >= 4 is 17.7 Å². The molecule has 0 spiro atoms. The lowest BCUT2D eigenvalue weighted by Gasteiger charge is -2.11. The molecule has 0 saturated carbocycles. The summed E-state index contributed by atoms with van der Waals surface area (Å²) in [7, 11) is 0. The van der Waals surface area contributed by atoms with E-state index in [1.54, 1.807) is 12.1 Å². The third kappa shape index (κ3) is 4.49. The summed E-state index contributed by atoms with van der Waals surface area (Å²) in [6.07, 6.45) is 0. The van der Waals surface area contributed by atoms with Gasteiger partial charge < -0.3 is 5.32 Å². The van der Waals surface area contributed by atoms with Gasteiger partial charge in [-0.15, -0.1) is 10.2 Å². The van der Waals surface area contributed by atoms with Gasteiger partial charge >= 0.3 is 0 Å². The van der Waals surface area contributed by atoms with Crippen LogP contribution in [0.2, 0.25) is 0 Å². The number of nitrogens with zero attached hydrogens (tertiary/aromatic N) is 3. The molecule has 0 unspecified atom stereocenters. The van der Waals surface area contributed by atoms with Gasteiger partial charge in [-0.25, -0.2) is 4.39 Å². The molecule has 0 aliphatic carbocycles. The smallest absolute Gasteiger partial charge is 0.217 e. The number of hydrogen-bond acceptors (Lipinski definition) is 4. The van der Waals surface area contributed by atoms with Gasteiger partial charge in [-0.05, 0) is 36.8 Å². The van der Waals surface area contributed by atoms with Gasteiger partial charge in [0.1, 0.15) is 5.82 Å². The minimum Gasteiger partial charge on any atom is -0.349 e. The molecule has 26 heavy (non-hydrogen) atoms. The molecule has 1 heterocycles. The van der Waals surface area contributed by atoms with E-state index in [4.69, 9.17) is 0 Å². The molecular formula is C19H19FN4OS. The first kappa shape index (κ1) is 18.1. The summed E-state index contributed by atoms with van der Waals surface area (Å²) < 4.78 is 15.0. The van der Waals surface area contributed by atoms with Crippen molar-refractivity contribution in [2.45, 2.75) is 31.3 Å². The van der Waals surface area contributed by atoms with Gasteiger partial charge in [-0.3, -0.25) is 9.36 Å². The number of rotatable bonds is 6. The third-order valence-electron chi connectivity index (χ3n) is 3.77. The van der Waals surface area contributed by atoms with Crippen molar-refractivity contribution in [3.8, 4) is 5.69 Å². The van der Waals surface area contributed by atoms with Gasteiger partial charge in [-0.2, -0.15) is 0 Å². The van der Waals surface area contributed by atoms with Crippen LogP contribution in [0.5, 0.6) is 0 Å². The number of nitrogens with one attached hydrogen (secondary N) is 1. The van der Waals surface area contributed by atoms with Gasteiger partial charge in [0.05, 0.1) is 6.54 Å². The Balaban J connectivity index is 1.87. The molecule has 0 radical (unpaired) electrons. The van der Waals surface area contributed by atoms with Crippen LogP contribution >= 0.6 is 11.8 Å². The fourth-order valence-electron chi connectivity index (χ4n) is 2.39. The molecule has 0 atom stereocenters. The van der Waals surface area contributed by atoms with Crippen LogP contribution in [0, 0.1) is 12.7 Å². The van der Waals surface area contributed by atoms with Gasteiger partial charge in [0.2, 0.25) is 5.91 Å². The molecule has 0 bridgehead atoms. The van der Waals surface area contributed by atoms with E-state index in [1.165, 1.54) is 30.8 Å². The van der Waals surface area contributed by atoms with Crippen molar-refractivity contribution in [1.82, 2.24) is 20.1 Å². The van der Waals surface area contributed by atoms with E-state index in [0.717, 1.165) is 22.0 Å². The SMILES string of the molecule is CC(=O)NCc1nnc(SCc2ccc(F)cc2)n1-c1ccc(C)cc1. The molecule has 3 rings (SSSR count). The summed E-state index contributed by atoms with van der Waals surface area (Å²) in [6, 6.07) is 14.4. The van der Waals surface area contributed by atoms with Crippen molar-refractivity contribution in [2.75, 3.05) is 0 Å². The van der Waals surface area contributed by atoms with E-state index in [-0.39, 0.29) is 11.7 Å². The second-order valence-corrected chi connectivity index (χ2v) is 6.84. The highest BCUT2D eigenvalue weighted by Crippen LogP contribution is 2.25. The lowest BCUT2D eigenvalue weighted by atomic mass is 10.2. The monoisotopic (exact) mass is 370 g/mol. The minimum atomic E-state index is -0.251.